The number of benzene rings is 2. The highest BCUT2D eigenvalue weighted by atomic mass is 16.4. The Morgan fingerprint density at radius 1 is 0.558 bits per heavy atom. The molecular weight excluding hydrogens is 680 g/mol. The summed E-state index contributed by atoms with van der Waals surface area (Å²) in [5.74, 6) is -8.25. The second-order valence-corrected chi connectivity index (χ2v) is 13.1. The van der Waals surface area contributed by atoms with Gasteiger partial charge < -0.3 is 52.7 Å². The van der Waals surface area contributed by atoms with Crippen LogP contribution in [-0.4, -0.2) is 98.2 Å². The normalized spacial score (nSPS) is 14.5. The molecule has 0 aromatic heterocycles. The fraction of sp³-hybridized carbons (Fsp3) is 0.457. The van der Waals surface area contributed by atoms with Gasteiger partial charge in [0.25, 0.3) is 0 Å². The van der Waals surface area contributed by atoms with Crippen molar-refractivity contribution in [2.24, 2.45) is 17.6 Å². The van der Waals surface area contributed by atoms with Gasteiger partial charge in [-0.2, -0.15) is 0 Å². The number of carbonyl (C=O) groups is 7. The lowest BCUT2D eigenvalue weighted by Crippen LogP contribution is -2.61. The van der Waals surface area contributed by atoms with Crippen molar-refractivity contribution in [1.82, 2.24) is 26.6 Å². The molecule has 0 radical (unpaired) electrons. The molecule has 284 valence electrons. The van der Waals surface area contributed by atoms with Crippen LogP contribution in [0.5, 0.6) is 11.5 Å². The molecule has 0 aliphatic rings. The molecule has 17 nitrogen and oxygen atoms in total. The van der Waals surface area contributed by atoms with Gasteiger partial charge in [0.2, 0.25) is 29.5 Å². The van der Waals surface area contributed by atoms with E-state index in [0.717, 1.165) is 0 Å². The number of hydrogen-bond acceptors (Lipinski definition) is 10. The minimum absolute atomic E-state index is 0.0281. The number of carbonyl (C=O) groups excluding carboxylic acids is 5. The van der Waals surface area contributed by atoms with Crippen molar-refractivity contribution in [2.45, 2.75) is 90.1 Å². The molecule has 52 heavy (non-hydrogen) atoms. The van der Waals surface area contributed by atoms with Crippen molar-refractivity contribution in [2.75, 3.05) is 0 Å². The van der Waals surface area contributed by atoms with Gasteiger partial charge in [-0.25, -0.2) is 0 Å². The molecule has 2 aromatic rings. The second kappa shape index (κ2) is 19.6. The summed E-state index contributed by atoms with van der Waals surface area (Å²) in [5, 5.41) is 50.2. The zero-order chi connectivity index (χ0) is 39.3. The Morgan fingerprint density at radius 3 is 1.40 bits per heavy atom. The number of carboxylic acids is 2. The van der Waals surface area contributed by atoms with Crippen molar-refractivity contribution in [3.8, 4) is 11.5 Å². The minimum atomic E-state index is -1.73. The van der Waals surface area contributed by atoms with Crippen LogP contribution in [0.3, 0.4) is 0 Å². The van der Waals surface area contributed by atoms with Gasteiger partial charge in [-0.1, -0.05) is 52.0 Å². The monoisotopic (exact) mass is 728 g/mol. The smallest absolute Gasteiger partial charge is 0.325 e. The van der Waals surface area contributed by atoms with Crippen molar-refractivity contribution in [1.29, 1.82) is 0 Å². The summed E-state index contributed by atoms with van der Waals surface area (Å²) in [5.41, 5.74) is 7.16. The Labute approximate surface area is 300 Å². The van der Waals surface area contributed by atoms with Crippen LogP contribution in [0.2, 0.25) is 0 Å². The highest BCUT2D eigenvalue weighted by Gasteiger charge is 2.35. The van der Waals surface area contributed by atoms with Crippen molar-refractivity contribution >= 4 is 41.5 Å². The number of amides is 5. The van der Waals surface area contributed by atoms with E-state index >= 15 is 0 Å². The molecule has 5 amide bonds. The van der Waals surface area contributed by atoms with Crippen LogP contribution in [0.1, 0.15) is 52.2 Å². The standard InChI is InChI=1S/C35H48N6O11/c1-17(2)28(33(49)37-19(5)35(51)52)41-32(48)25(15-21-8-12-23(43)13-9-21)38-31(47)26(16-27(44)45)39-34(50)29(18(3)4)40-30(46)24(36)14-20-6-10-22(42)11-7-20/h6-13,17-19,24-26,28-29,42-43H,14-16,36H2,1-5H3,(H,37,49)(H,38,47)(H,39,50)(H,40,46)(H,41,48)(H,44,45)(H,51,52)/t19-,24+,25+,26+,28+,29+/m1/s1. The van der Waals surface area contributed by atoms with Gasteiger partial charge >= 0.3 is 11.9 Å². The summed E-state index contributed by atoms with van der Waals surface area (Å²) in [6.45, 7) is 7.67. The van der Waals surface area contributed by atoms with Gasteiger partial charge in [0.05, 0.1) is 12.5 Å². The molecule has 0 saturated heterocycles. The number of phenolic OH excluding ortho intramolecular Hbond substituents is 2. The number of rotatable bonds is 19. The predicted octanol–water partition coefficient (Wildman–Crippen LogP) is -0.474. The average molecular weight is 729 g/mol. The third kappa shape index (κ3) is 13.5. The van der Waals surface area contributed by atoms with Crippen LogP contribution in [0.4, 0.5) is 0 Å². The quantitative estimate of drug-likeness (QED) is 0.0879. The van der Waals surface area contributed by atoms with E-state index in [9.17, 15) is 54.0 Å². The Bertz CT molecular complexity index is 1580. The lowest BCUT2D eigenvalue weighted by molar-refractivity contribution is -0.142. The molecule has 2 rings (SSSR count). The molecule has 0 fully saturated rings. The third-order valence-electron chi connectivity index (χ3n) is 7.97. The van der Waals surface area contributed by atoms with E-state index in [2.05, 4.69) is 26.6 Å². The number of hydrogen-bond donors (Lipinski definition) is 10. The highest BCUT2D eigenvalue weighted by molar-refractivity contribution is 5.97. The number of nitrogens with two attached hydrogens (primary N) is 1. The van der Waals surface area contributed by atoms with E-state index in [1.807, 2.05) is 0 Å². The van der Waals surface area contributed by atoms with E-state index < -0.39 is 96.0 Å². The highest BCUT2D eigenvalue weighted by Crippen LogP contribution is 2.14. The molecule has 0 unspecified atom stereocenters. The first-order chi connectivity index (χ1) is 24.3. The van der Waals surface area contributed by atoms with E-state index in [-0.39, 0.29) is 24.3 Å². The van der Waals surface area contributed by atoms with Crippen molar-refractivity contribution < 1.29 is 54.0 Å². The topological polar surface area (TPSA) is 287 Å². The van der Waals surface area contributed by atoms with Crippen LogP contribution in [-0.2, 0) is 46.4 Å². The molecule has 0 heterocycles. The number of aliphatic carboxylic acids is 2. The first-order valence-corrected chi connectivity index (χ1v) is 16.6. The lowest BCUT2D eigenvalue weighted by atomic mass is 9.99. The van der Waals surface area contributed by atoms with Crippen LogP contribution in [0, 0.1) is 11.8 Å². The molecule has 0 aliphatic carbocycles. The van der Waals surface area contributed by atoms with Crippen LogP contribution >= 0.6 is 0 Å². The summed E-state index contributed by atoms with van der Waals surface area (Å²) < 4.78 is 0. The molecule has 0 bridgehead atoms. The van der Waals surface area contributed by atoms with E-state index in [0.29, 0.717) is 11.1 Å². The number of carboxylic acid groups (broad SMARTS) is 2. The van der Waals surface area contributed by atoms with Gasteiger partial charge in [0.1, 0.15) is 41.7 Å². The summed E-state index contributed by atoms with van der Waals surface area (Å²) in [6.07, 6.45) is -1.04. The van der Waals surface area contributed by atoms with Gasteiger partial charge in [0.15, 0.2) is 0 Å². The Balaban J connectivity index is 2.30. The molecule has 0 spiro atoms. The summed E-state index contributed by atoms with van der Waals surface area (Å²) in [7, 11) is 0. The Hall–Kier alpha value is -5.71. The maximum Gasteiger partial charge on any atom is 0.325 e. The molecule has 6 atom stereocenters. The molecule has 17 heteroatoms. The third-order valence-corrected chi connectivity index (χ3v) is 7.97. The minimum Gasteiger partial charge on any atom is -0.508 e. The first kappa shape index (κ1) is 42.5. The SMILES string of the molecule is CC(C)[C@H](NC(=O)[C@H](Cc1ccc(O)cc1)NC(=O)[C@H](CC(=O)O)NC(=O)[C@@H](NC(=O)[C@@H](N)Cc1ccc(O)cc1)C(C)C)C(=O)N[C@H](C)C(=O)O. The van der Waals surface area contributed by atoms with Gasteiger partial charge in [-0.05, 0) is 60.6 Å². The molecule has 11 N–H and O–H groups in total. The van der Waals surface area contributed by atoms with Crippen LogP contribution in [0.15, 0.2) is 48.5 Å². The fourth-order valence-corrected chi connectivity index (χ4v) is 4.92. The Kier molecular flexibility index (Phi) is 16.0. The summed E-state index contributed by atoms with van der Waals surface area (Å²) in [6, 6.07) is 3.61. The first-order valence-electron chi connectivity index (χ1n) is 16.6. The number of nitrogens with one attached hydrogen (secondary N) is 5. The van der Waals surface area contributed by atoms with Gasteiger partial charge in [0, 0.05) is 6.42 Å². The van der Waals surface area contributed by atoms with Gasteiger partial charge in [-0.3, -0.25) is 33.6 Å². The molecule has 0 saturated carbocycles. The largest absolute Gasteiger partial charge is 0.508 e. The predicted molar refractivity (Wildman–Crippen MR) is 186 cm³/mol. The lowest BCUT2D eigenvalue weighted by Gasteiger charge is -2.28. The van der Waals surface area contributed by atoms with Crippen molar-refractivity contribution in [3.05, 3.63) is 59.7 Å². The average Bonchev–Trinajstić information content (AvgIpc) is 3.06. The van der Waals surface area contributed by atoms with Crippen LogP contribution < -0.4 is 32.3 Å². The molecule has 0 aliphatic heterocycles. The van der Waals surface area contributed by atoms with Crippen molar-refractivity contribution in [3.63, 3.8) is 0 Å². The fourth-order valence-electron chi connectivity index (χ4n) is 4.92. The van der Waals surface area contributed by atoms with Gasteiger partial charge in [-0.15, -0.1) is 0 Å². The number of phenols is 2. The maximum atomic E-state index is 13.6. The zero-order valence-electron chi connectivity index (χ0n) is 29.6. The van der Waals surface area contributed by atoms with Crippen LogP contribution in [0.25, 0.3) is 0 Å². The summed E-state index contributed by atoms with van der Waals surface area (Å²) >= 11 is 0. The zero-order valence-corrected chi connectivity index (χ0v) is 29.6. The Morgan fingerprint density at radius 2 is 0.962 bits per heavy atom. The maximum absolute atomic E-state index is 13.6. The van der Waals surface area contributed by atoms with E-state index in [1.165, 1.54) is 43.3 Å². The molecular formula is C35H48N6O11. The summed E-state index contributed by atoms with van der Waals surface area (Å²) in [4.78, 5) is 89.7. The van der Waals surface area contributed by atoms with E-state index in [1.54, 1.807) is 39.8 Å². The second-order valence-electron chi connectivity index (χ2n) is 13.1. The molecule has 2 aromatic carbocycles. The van der Waals surface area contributed by atoms with E-state index in [4.69, 9.17) is 5.73 Å². The number of aromatic hydroxyl groups is 2.